The van der Waals surface area contributed by atoms with Gasteiger partial charge in [0.1, 0.15) is 11.5 Å². The monoisotopic (exact) mass is 435 g/mol. The predicted octanol–water partition coefficient (Wildman–Crippen LogP) is 2.65. The van der Waals surface area contributed by atoms with Gasteiger partial charge in [0, 0.05) is 29.7 Å². The first kappa shape index (κ1) is 20.5. The second kappa shape index (κ2) is 9.74. The number of halogens is 1. The Morgan fingerprint density at radius 1 is 1.19 bits per heavy atom. The molecule has 2 amide bonds. The molecule has 1 heterocycles. The molecule has 0 aliphatic rings. The van der Waals surface area contributed by atoms with E-state index in [-0.39, 0.29) is 36.2 Å². The Morgan fingerprint density at radius 2 is 1.93 bits per heavy atom. The highest BCUT2D eigenvalue weighted by atomic mass is 79.9. The third-order valence-electron chi connectivity index (χ3n) is 3.50. The fraction of sp³-hybridized carbons (Fsp3) is 0.235. The molecule has 0 saturated heterocycles. The molecule has 2 rings (SSSR count). The molecule has 2 N–H and O–H groups in total. The van der Waals surface area contributed by atoms with Crippen molar-refractivity contribution in [2.75, 3.05) is 30.8 Å². The van der Waals surface area contributed by atoms with E-state index in [2.05, 4.69) is 31.5 Å². The van der Waals surface area contributed by atoms with Gasteiger partial charge >= 0.3 is 0 Å². The van der Waals surface area contributed by atoms with Gasteiger partial charge in [0.15, 0.2) is 0 Å². The second-order valence-corrected chi connectivity index (χ2v) is 6.64. The highest BCUT2D eigenvalue weighted by Gasteiger charge is 2.15. The van der Waals surface area contributed by atoms with Crippen LogP contribution in [0, 0.1) is 10.1 Å². The number of benzene rings is 1. The number of rotatable bonds is 8. The van der Waals surface area contributed by atoms with Gasteiger partial charge in [-0.05, 0) is 41.2 Å². The lowest BCUT2D eigenvalue weighted by atomic mass is 10.2. The molecule has 2 aromatic rings. The van der Waals surface area contributed by atoms with Crippen LogP contribution in [0.25, 0.3) is 0 Å². The summed E-state index contributed by atoms with van der Waals surface area (Å²) in [5.74, 6) is -0.191. The molecular formula is C17H18BrN5O4. The van der Waals surface area contributed by atoms with E-state index in [1.807, 2.05) is 0 Å². The van der Waals surface area contributed by atoms with E-state index in [4.69, 9.17) is 0 Å². The Hall–Kier alpha value is -2.85. The maximum atomic E-state index is 12.0. The number of nitro groups is 1. The highest BCUT2D eigenvalue weighted by molar-refractivity contribution is 9.10. The lowest BCUT2D eigenvalue weighted by Crippen LogP contribution is -2.32. The normalized spacial score (nSPS) is 10.5. The van der Waals surface area contributed by atoms with Gasteiger partial charge in [-0.3, -0.25) is 24.6 Å². The van der Waals surface area contributed by atoms with Crippen molar-refractivity contribution < 1.29 is 14.5 Å². The molecule has 0 aliphatic carbocycles. The lowest BCUT2D eigenvalue weighted by Gasteiger charge is -2.16. The number of aromatic nitrogens is 1. The summed E-state index contributed by atoms with van der Waals surface area (Å²) in [6.45, 7) is 0.393. The summed E-state index contributed by atoms with van der Waals surface area (Å²) < 4.78 is 0.808. The molecule has 0 unspecified atom stereocenters. The Morgan fingerprint density at radius 3 is 2.59 bits per heavy atom. The third-order valence-corrected chi connectivity index (χ3v) is 3.97. The number of nitro benzene ring substituents is 1. The van der Waals surface area contributed by atoms with Crippen molar-refractivity contribution in [3.05, 3.63) is 57.2 Å². The van der Waals surface area contributed by atoms with Crippen LogP contribution in [0.4, 0.5) is 17.2 Å². The number of hydrogen-bond donors (Lipinski definition) is 2. The van der Waals surface area contributed by atoms with Crippen LogP contribution in [0.1, 0.15) is 6.42 Å². The molecule has 27 heavy (non-hydrogen) atoms. The minimum absolute atomic E-state index is 0.0799. The number of hydrogen-bond acceptors (Lipinski definition) is 6. The van der Waals surface area contributed by atoms with E-state index < -0.39 is 4.92 Å². The van der Waals surface area contributed by atoms with Crippen molar-refractivity contribution in [2.24, 2.45) is 0 Å². The zero-order valence-electron chi connectivity index (χ0n) is 14.5. The van der Waals surface area contributed by atoms with Crippen LogP contribution >= 0.6 is 15.9 Å². The minimum Gasteiger partial charge on any atom is -0.320 e. The molecule has 0 bridgehead atoms. The van der Waals surface area contributed by atoms with E-state index in [1.165, 1.54) is 18.2 Å². The van der Waals surface area contributed by atoms with Gasteiger partial charge in [0.05, 0.1) is 11.5 Å². The fourth-order valence-corrected chi connectivity index (χ4v) is 2.43. The first-order valence-electron chi connectivity index (χ1n) is 7.98. The number of anilines is 2. The van der Waals surface area contributed by atoms with Gasteiger partial charge < -0.3 is 10.6 Å². The Balaban J connectivity index is 1.78. The van der Waals surface area contributed by atoms with E-state index in [9.17, 15) is 19.7 Å². The van der Waals surface area contributed by atoms with Crippen molar-refractivity contribution >= 4 is 44.9 Å². The number of para-hydroxylation sites is 2. The molecular weight excluding hydrogens is 418 g/mol. The van der Waals surface area contributed by atoms with Gasteiger partial charge in [0.2, 0.25) is 11.8 Å². The zero-order chi connectivity index (χ0) is 19.8. The summed E-state index contributed by atoms with van der Waals surface area (Å²) >= 11 is 3.26. The summed E-state index contributed by atoms with van der Waals surface area (Å²) in [4.78, 5) is 40.1. The number of likely N-dealkylation sites (N-methyl/N-ethyl adjacent to an activating group) is 1. The summed E-state index contributed by atoms with van der Waals surface area (Å²) in [5, 5.41) is 16.1. The third kappa shape index (κ3) is 6.76. The topological polar surface area (TPSA) is 117 Å². The molecule has 10 heteroatoms. The van der Waals surface area contributed by atoms with E-state index >= 15 is 0 Å². The number of nitrogens with one attached hydrogen (secondary N) is 2. The van der Waals surface area contributed by atoms with Crippen LogP contribution in [-0.4, -0.2) is 46.8 Å². The first-order valence-corrected chi connectivity index (χ1v) is 8.77. The van der Waals surface area contributed by atoms with Gasteiger partial charge in [-0.15, -0.1) is 0 Å². The predicted molar refractivity (Wildman–Crippen MR) is 104 cm³/mol. The van der Waals surface area contributed by atoms with Gasteiger partial charge in [-0.2, -0.15) is 0 Å². The standard InChI is InChI=1S/C17H18BrN5O4/c1-22(11-17(25)21-15-7-6-12(18)10-19-15)9-8-16(24)20-13-4-2-3-5-14(13)23(26)27/h2-7,10H,8-9,11H2,1H3,(H,20,24)(H,19,21,25). The maximum Gasteiger partial charge on any atom is 0.292 e. The van der Waals surface area contributed by atoms with E-state index in [0.717, 1.165) is 4.47 Å². The SMILES string of the molecule is CN(CCC(=O)Nc1ccccc1[N+](=O)[O-])CC(=O)Nc1ccc(Br)cn1. The molecule has 0 spiro atoms. The molecule has 1 aromatic heterocycles. The summed E-state index contributed by atoms with van der Waals surface area (Å²) in [7, 11) is 1.70. The average Bonchev–Trinajstić information content (AvgIpc) is 2.62. The quantitative estimate of drug-likeness (QED) is 0.485. The molecule has 0 saturated carbocycles. The molecule has 1 aromatic carbocycles. The van der Waals surface area contributed by atoms with Crippen LogP contribution in [-0.2, 0) is 9.59 Å². The van der Waals surface area contributed by atoms with Crippen molar-refractivity contribution in [3.8, 4) is 0 Å². The van der Waals surface area contributed by atoms with Gasteiger partial charge in [-0.25, -0.2) is 4.98 Å². The van der Waals surface area contributed by atoms with Gasteiger partial charge in [-0.1, -0.05) is 12.1 Å². The van der Waals surface area contributed by atoms with Crippen LogP contribution in [0.3, 0.4) is 0 Å². The molecule has 0 aliphatic heterocycles. The number of pyridine rings is 1. The Bertz CT molecular complexity index is 828. The largest absolute Gasteiger partial charge is 0.320 e. The van der Waals surface area contributed by atoms with Crippen molar-refractivity contribution in [3.63, 3.8) is 0 Å². The molecule has 0 fully saturated rings. The summed E-state index contributed by atoms with van der Waals surface area (Å²) in [5.41, 5.74) is -0.0187. The van der Waals surface area contributed by atoms with Crippen molar-refractivity contribution in [1.29, 1.82) is 0 Å². The first-order chi connectivity index (χ1) is 12.8. The molecule has 0 radical (unpaired) electrons. The second-order valence-electron chi connectivity index (χ2n) is 5.72. The fourth-order valence-electron chi connectivity index (χ4n) is 2.20. The smallest absolute Gasteiger partial charge is 0.292 e. The Labute approximate surface area is 164 Å². The zero-order valence-corrected chi connectivity index (χ0v) is 16.1. The lowest BCUT2D eigenvalue weighted by molar-refractivity contribution is -0.383. The molecule has 9 nitrogen and oxygen atoms in total. The van der Waals surface area contributed by atoms with Crippen LogP contribution in [0.15, 0.2) is 47.1 Å². The maximum absolute atomic E-state index is 12.0. The van der Waals surface area contributed by atoms with E-state index in [1.54, 1.807) is 36.3 Å². The van der Waals surface area contributed by atoms with Crippen LogP contribution < -0.4 is 10.6 Å². The number of amides is 2. The minimum atomic E-state index is -0.553. The van der Waals surface area contributed by atoms with Crippen LogP contribution in [0.5, 0.6) is 0 Å². The number of carbonyl (C=O) groups excluding carboxylic acids is 2. The number of nitrogens with zero attached hydrogens (tertiary/aromatic N) is 3. The summed E-state index contributed by atoms with van der Waals surface area (Å²) in [6.07, 6.45) is 1.67. The molecule has 142 valence electrons. The number of carbonyl (C=O) groups is 2. The molecule has 0 atom stereocenters. The van der Waals surface area contributed by atoms with E-state index in [0.29, 0.717) is 12.4 Å². The van der Waals surface area contributed by atoms with Crippen molar-refractivity contribution in [2.45, 2.75) is 6.42 Å². The highest BCUT2D eigenvalue weighted by Crippen LogP contribution is 2.23. The Kier molecular flexibility index (Phi) is 7.38. The average molecular weight is 436 g/mol. The van der Waals surface area contributed by atoms with Crippen LogP contribution in [0.2, 0.25) is 0 Å². The summed E-state index contributed by atoms with van der Waals surface area (Å²) in [6, 6.07) is 9.36. The van der Waals surface area contributed by atoms with Crippen molar-refractivity contribution in [1.82, 2.24) is 9.88 Å². The van der Waals surface area contributed by atoms with Gasteiger partial charge in [0.25, 0.3) is 5.69 Å².